The maximum absolute atomic E-state index is 6.40. The minimum absolute atomic E-state index is 0.0568. The molecule has 2 heteroatoms. The van der Waals surface area contributed by atoms with E-state index >= 15 is 0 Å². The Morgan fingerprint density at radius 2 is 1.77 bits per heavy atom. The molecule has 1 atom stereocenters. The minimum atomic E-state index is -0.0568. The van der Waals surface area contributed by atoms with Crippen molar-refractivity contribution in [3.05, 3.63) is 59.2 Å². The third-order valence-electron chi connectivity index (χ3n) is 5.03. The summed E-state index contributed by atoms with van der Waals surface area (Å²) in [5.41, 5.74) is 7.75. The van der Waals surface area contributed by atoms with Gasteiger partial charge in [-0.1, -0.05) is 68.7 Å². The first-order valence-electron chi connectivity index (χ1n) is 10.1. The zero-order chi connectivity index (χ0) is 18.6. The van der Waals surface area contributed by atoms with Crippen LogP contribution >= 0.6 is 0 Å². The molecule has 0 aromatic heterocycles. The van der Waals surface area contributed by atoms with Gasteiger partial charge in [0, 0.05) is 5.73 Å². The quantitative estimate of drug-likeness (QED) is 0.342. The second kappa shape index (κ2) is 8.54. The Kier molecular flexibility index (Phi) is 6.36. The van der Waals surface area contributed by atoms with Crippen molar-refractivity contribution in [1.82, 2.24) is 0 Å². The van der Waals surface area contributed by atoms with Gasteiger partial charge in [0.2, 0.25) is 0 Å². The fraction of sp³-hybridized carbons (Fsp3) is 0.500. The molecule has 26 heavy (non-hydrogen) atoms. The van der Waals surface area contributed by atoms with Crippen LogP contribution in [-0.4, -0.2) is 20.8 Å². The molecule has 0 heterocycles. The van der Waals surface area contributed by atoms with Crippen LogP contribution in [0.5, 0.6) is 0 Å². The van der Waals surface area contributed by atoms with Gasteiger partial charge in [0.05, 0.1) is 15.1 Å². The molecule has 3 rings (SSSR count). The van der Waals surface area contributed by atoms with E-state index in [9.17, 15) is 0 Å². The Balaban J connectivity index is 1.70. The van der Waals surface area contributed by atoms with Crippen molar-refractivity contribution in [2.75, 3.05) is 0 Å². The Hall–Kier alpha value is -1.38. The van der Waals surface area contributed by atoms with Crippen LogP contribution in [0.4, 0.5) is 0 Å². The first-order chi connectivity index (χ1) is 12.5. The number of unbranched alkanes of at least 4 members (excludes halogenated alkanes) is 2. The lowest BCUT2D eigenvalue weighted by atomic mass is 10.0. The van der Waals surface area contributed by atoms with Crippen LogP contribution in [0, 0.1) is 0 Å². The van der Waals surface area contributed by atoms with E-state index in [2.05, 4.69) is 70.2 Å². The average molecular weight is 365 g/mol. The summed E-state index contributed by atoms with van der Waals surface area (Å²) in [6, 6.07) is 16.9. The van der Waals surface area contributed by atoms with Gasteiger partial charge in [0.25, 0.3) is 0 Å². The first kappa shape index (κ1) is 19.4. The molecule has 0 saturated heterocycles. The van der Waals surface area contributed by atoms with Crippen molar-refractivity contribution in [2.24, 2.45) is 0 Å². The smallest absolute Gasteiger partial charge is 0.0826 e. The van der Waals surface area contributed by atoms with E-state index in [-0.39, 0.29) is 5.60 Å². The number of hydrogen-bond acceptors (Lipinski definition) is 1. The van der Waals surface area contributed by atoms with Gasteiger partial charge < -0.3 is 4.74 Å². The summed E-state index contributed by atoms with van der Waals surface area (Å²) >= 11 is 0. The van der Waals surface area contributed by atoms with Gasteiger partial charge in [0.1, 0.15) is 0 Å². The van der Waals surface area contributed by atoms with Gasteiger partial charge >= 0.3 is 0 Å². The second-order valence-corrected chi connectivity index (χ2v) is 9.78. The van der Waals surface area contributed by atoms with Gasteiger partial charge in [0.15, 0.2) is 0 Å². The Morgan fingerprint density at radius 1 is 1.00 bits per heavy atom. The fourth-order valence-electron chi connectivity index (χ4n) is 3.82. The van der Waals surface area contributed by atoms with Crippen LogP contribution in [0.25, 0.3) is 11.1 Å². The molecule has 0 amide bonds. The molecule has 0 N–H and O–H groups in total. The van der Waals surface area contributed by atoms with Crippen molar-refractivity contribution in [2.45, 2.75) is 77.2 Å². The van der Waals surface area contributed by atoms with E-state index in [1.807, 2.05) is 0 Å². The lowest BCUT2D eigenvalue weighted by Gasteiger charge is -2.28. The number of fused-ring (bicyclic) bond motifs is 3. The SMILES string of the molecule is CCCCCC(OC(C)(C)C)[Si]Cc1cccc2c1Cc1ccccc1-2. The van der Waals surface area contributed by atoms with Crippen LogP contribution in [0.3, 0.4) is 0 Å². The van der Waals surface area contributed by atoms with Crippen molar-refractivity contribution >= 4 is 9.52 Å². The Morgan fingerprint density at radius 3 is 2.54 bits per heavy atom. The van der Waals surface area contributed by atoms with E-state index in [1.165, 1.54) is 47.9 Å². The highest BCUT2D eigenvalue weighted by atomic mass is 28.2. The molecule has 1 aliphatic rings. The normalized spacial score (nSPS) is 14.2. The zero-order valence-electron chi connectivity index (χ0n) is 16.8. The van der Waals surface area contributed by atoms with Crippen LogP contribution in [0.1, 0.15) is 70.1 Å². The second-order valence-electron chi connectivity index (χ2n) is 8.37. The molecule has 1 nitrogen and oxygen atoms in total. The molecule has 2 radical (unpaired) electrons. The van der Waals surface area contributed by atoms with Gasteiger partial charge in [-0.3, -0.25) is 0 Å². The highest BCUT2D eigenvalue weighted by Gasteiger charge is 2.23. The van der Waals surface area contributed by atoms with Crippen molar-refractivity contribution in [1.29, 1.82) is 0 Å². The molecule has 1 unspecified atom stereocenters. The summed E-state index contributed by atoms with van der Waals surface area (Å²) in [7, 11) is 0.834. The molecule has 2 aromatic rings. The van der Waals surface area contributed by atoms with E-state index in [1.54, 1.807) is 5.56 Å². The lowest BCUT2D eigenvalue weighted by Crippen LogP contribution is -2.32. The molecular weight excluding hydrogens is 332 g/mol. The largest absolute Gasteiger partial charge is 0.377 e. The molecule has 0 bridgehead atoms. The summed E-state index contributed by atoms with van der Waals surface area (Å²) in [6.07, 6.45) is 6.15. The van der Waals surface area contributed by atoms with E-state index < -0.39 is 0 Å². The summed E-state index contributed by atoms with van der Waals surface area (Å²) < 4.78 is 6.40. The lowest BCUT2D eigenvalue weighted by molar-refractivity contribution is -0.0282. The molecule has 0 aliphatic heterocycles. The highest BCUT2D eigenvalue weighted by Crippen LogP contribution is 2.38. The van der Waals surface area contributed by atoms with Crippen LogP contribution in [0.15, 0.2) is 42.5 Å². The molecule has 0 saturated carbocycles. The van der Waals surface area contributed by atoms with Gasteiger partial charge in [-0.15, -0.1) is 0 Å². The predicted molar refractivity (Wildman–Crippen MR) is 113 cm³/mol. The monoisotopic (exact) mass is 364 g/mol. The third-order valence-corrected chi connectivity index (χ3v) is 6.48. The molecule has 0 fully saturated rings. The van der Waals surface area contributed by atoms with E-state index in [0.717, 1.165) is 22.0 Å². The molecule has 1 aliphatic carbocycles. The first-order valence-corrected chi connectivity index (χ1v) is 11.4. The molecule has 138 valence electrons. The number of hydrogen-bond donors (Lipinski definition) is 0. The molecule has 0 spiro atoms. The standard InChI is InChI=1S/C24H32OSi/c1-5-6-7-15-23(25-24(2,3)4)26-17-19-12-10-14-21-20-13-9-8-11-18(20)16-22(19)21/h8-14,23H,5-7,15-17H2,1-4H3. The summed E-state index contributed by atoms with van der Waals surface area (Å²) in [4.78, 5) is 0. The average Bonchev–Trinajstić information content (AvgIpc) is 2.98. The highest BCUT2D eigenvalue weighted by molar-refractivity contribution is 6.36. The van der Waals surface area contributed by atoms with Crippen LogP contribution in [0.2, 0.25) is 0 Å². The fourth-order valence-corrected chi connectivity index (χ4v) is 5.45. The van der Waals surface area contributed by atoms with E-state index in [4.69, 9.17) is 4.74 Å². The Labute approximate surface area is 162 Å². The van der Waals surface area contributed by atoms with Gasteiger partial charge in [-0.05, 0) is 67.5 Å². The summed E-state index contributed by atoms with van der Waals surface area (Å²) in [6.45, 7) is 8.82. The maximum Gasteiger partial charge on any atom is 0.0826 e. The molecular formula is C24H32OSi. The van der Waals surface area contributed by atoms with Crippen molar-refractivity contribution < 1.29 is 4.74 Å². The minimum Gasteiger partial charge on any atom is -0.377 e. The molecule has 2 aromatic carbocycles. The number of ether oxygens (including phenoxy) is 1. The van der Waals surface area contributed by atoms with Crippen molar-refractivity contribution in [3.63, 3.8) is 0 Å². The van der Waals surface area contributed by atoms with E-state index in [0.29, 0.717) is 5.73 Å². The van der Waals surface area contributed by atoms with Crippen LogP contribution in [-0.2, 0) is 17.2 Å². The maximum atomic E-state index is 6.40. The topological polar surface area (TPSA) is 9.23 Å². The van der Waals surface area contributed by atoms with Gasteiger partial charge in [-0.25, -0.2) is 0 Å². The Bertz CT molecular complexity index is 729. The summed E-state index contributed by atoms with van der Waals surface area (Å²) in [5.74, 6) is 0. The van der Waals surface area contributed by atoms with Crippen molar-refractivity contribution in [3.8, 4) is 11.1 Å². The predicted octanol–water partition coefficient (Wildman–Crippen LogP) is 6.18. The number of rotatable bonds is 8. The summed E-state index contributed by atoms with van der Waals surface area (Å²) in [5, 5.41) is 0. The van der Waals surface area contributed by atoms with Crippen LogP contribution < -0.4 is 0 Å². The third kappa shape index (κ3) is 4.86. The van der Waals surface area contributed by atoms with Gasteiger partial charge in [-0.2, -0.15) is 0 Å². The number of benzene rings is 2. The zero-order valence-corrected chi connectivity index (χ0v) is 17.8.